The number of alkyl halides is 2. The fourth-order valence-electron chi connectivity index (χ4n) is 2.53. The third kappa shape index (κ3) is 5.95. The monoisotopic (exact) mass is 429 g/mol. The number of imide groups is 1. The highest BCUT2D eigenvalue weighted by atomic mass is 19.3. The number of carbonyl (C=O) groups is 3. The van der Waals surface area contributed by atoms with Crippen molar-refractivity contribution in [3.05, 3.63) is 71.4 Å². The molecule has 0 aliphatic carbocycles. The number of nitrogens with one attached hydrogen (secondary N) is 2. The summed E-state index contributed by atoms with van der Waals surface area (Å²) in [5.41, 5.74) is 2.50. The van der Waals surface area contributed by atoms with Gasteiger partial charge in [0.25, 0.3) is 11.8 Å². The van der Waals surface area contributed by atoms with E-state index in [9.17, 15) is 23.2 Å². The van der Waals surface area contributed by atoms with Gasteiger partial charge in [-0.25, -0.2) is 4.79 Å². The lowest BCUT2D eigenvalue weighted by atomic mass is 10.1. The molecule has 3 rings (SSSR count). The molecule has 0 atom stereocenters. The molecule has 1 aromatic heterocycles. The van der Waals surface area contributed by atoms with Gasteiger partial charge in [-0.1, -0.05) is 29.8 Å². The first-order chi connectivity index (χ1) is 14.8. The van der Waals surface area contributed by atoms with E-state index in [1.165, 1.54) is 18.2 Å². The number of aromatic amines is 1. The third-order valence-corrected chi connectivity index (χ3v) is 4.07. The number of esters is 1. The fourth-order valence-corrected chi connectivity index (χ4v) is 2.53. The average Bonchev–Trinajstić information content (AvgIpc) is 3.23. The van der Waals surface area contributed by atoms with Gasteiger partial charge >= 0.3 is 12.6 Å². The van der Waals surface area contributed by atoms with Crippen LogP contribution in [0.3, 0.4) is 0 Å². The van der Waals surface area contributed by atoms with E-state index in [4.69, 9.17) is 4.74 Å². The zero-order valence-electron chi connectivity index (χ0n) is 16.2. The summed E-state index contributed by atoms with van der Waals surface area (Å²) in [4.78, 5) is 36.0. The number of hydrogen-bond donors (Lipinski definition) is 2. The van der Waals surface area contributed by atoms with Crippen molar-refractivity contribution in [2.24, 2.45) is 0 Å². The predicted molar refractivity (Wildman–Crippen MR) is 105 cm³/mol. The van der Waals surface area contributed by atoms with E-state index in [-0.39, 0.29) is 17.0 Å². The predicted octanol–water partition coefficient (Wildman–Crippen LogP) is 3.10. The lowest BCUT2D eigenvalue weighted by molar-refractivity contribution is -0.123. The van der Waals surface area contributed by atoms with Crippen LogP contribution in [0.4, 0.5) is 8.78 Å². The van der Waals surface area contributed by atoms with Crippen molar-refractivity contribution < 1.29 is 32.6 Å². The molecule has 8 nitrogen and oxygen atoms in total. The Bertz CT molecular complexity index is 1080. The van der Waals surface area contributed by atoms with Gasteiger partial charge in [0.1, 0.15) is 11.4 Å². The molecule has 1 heterocycles. The average molecular weight is 429 g/mol. The van der Waals surface area contributed by atoms with E-state index < -0.39 is 31.0 Å². The number of halogens is 2. The highest BCUT2D eigenvalue weighted by Gasteiger charge is 2.16. The summed E-state index contributed by atoms with van der Waals surface area (Å²) in [5, 5.41) is 8.61. The summed E-state index contributed by atoms with van der Waals surface area (Å²) in [7, 11) is 0. The second kappa shape index (κ2) is 9.61. The Balaban J connectivity index is 1.50. The first kappa shape index (κ1) is 21.6. The van der Waals surface area contributed by atoms with Crippen LogP contribution >= 0.6 is 0 Å². The van der Waals surface area contributed by atoms with Crippen molar-refractivity contribution in [3.63, 3.8) is 0 Å². The van der Waals surface area contributed by atoms with Gasteiger partial charge in [-0.15, -0.1) is 0 Å². The third-order valence-electron chi connectivity index (χ3n) is 4.07. The Morgan fingerprint density at radius 3 is 2.39 bits per heavy atom. The Morgan fingerprint density at radius 1 is 1.06 bits per heavy atom. The molecular weight excluding hydrogens is 412 g/mol. The molecule has 3 aromatic rings. The largest absolute Gasteiger partial charge is 0.451 e. The first-order valence-corrected chi connectivity index (χ1v) is 9.00. The van der Waals surface area contributed by atoms with Crippen LogP contribution in [-0.2, 0) is 9.53 Å². The van der Waals surface area contributed by atoms with Gasteiger partial charge in [0.05, 0.1) is 5.69 Å². The summed E-state index contributed by atoms with van der Waals surface area (Å²) >= 11 is 0. The Morgan fingerprint density at radius 2 is 1.74 bits per heavy atom. The van der Waals surface area contributed by atoms with Crippen LogP contribution in [-0.4, -0.2) is 41.2 Å². The summed E-state index contributed by atoms with van der Waals surface area (Å²) in [5.74, 6) is -2.59. The SMILES string of the molecule is Cc1ccc(-c2cc(C(=O)OCC(=O)NC(=O)c3ccc(OC(F)F)cc3)[nH]n2)cc1. The van der Waals surface area contributed by atoms with E-state index >= 15 is 0 Å². The van der Waals surface area contributed by atoms with Crippen molar-refractivity contribution in [3.8, 4) is 17.0 Å². The number of hydrogen-bond acceptors (Lipinski definition) is 6. The fraction of sp³-hybridized carbons (Fsp3) is 0.143. The molecule has 0 bridgehead atoms. The molecular formula is C21H17F2N3O5. The molecule has 0 spiro atoms. The molecule has 0 aliphatic heterocycles. The number of aromatic nitrogens is 2. The number of aryl methyl sites for hydroxylation is 1. The summed E-state index contributed by atoms with van der Waals surface area (Å²) in [6, 6.07) is 13.8. The van der Waals surface area contributed by atoms with Crippen molar-refractivity contribution in [2.75, 3.05) is 6.61 Å². The number of benzene rings is 2. The second-order valence-corrected chi connectivity index (χ2v) is 6.39. The summed E-state index contributed by atoms with van der Waals surface area (Å²) in [6.07, 6.45) is 0. The molecule has 0 fully saturated rings. The zero-order valence-corrected chi connectivity index (χ0v) is 16.2. The van der Waals surface area contributed by atoms with E-state index in [2.05, 4.69) is 14.9 Å². The number of carbonyl (C=O) groups excluding carboxylic acids is 3. The normalized spacial score (nSPS) is 10.6. The van der Waals surface area contributed by atoms with Gasteiger partial charge in [0.15, 0.2) is 6.61 Å². The maximum absolute atomic E-state index is 12.1. The minimum atomic E-state index is -2.99. The van der Waals surface area contributed by atoms with Gasteiger partial charge in [-0.3, -0.25) is 20.0 Å². The van der Waals surface area contributed by atoms with Crippen molar-refractivity contribution in [1.29, 1.82) is 0 Å². The van der Waals surface area contributed by atoms with E-state index in [1.807, 2.05) is 36.5 Å². The molecule has 31 heavy (non-hydrogen) atoms. The molecule has 10 heteroatoms. The standard InChI is InChI=1S/C21H17F2N3O5/c1-12-2-4-13(5-3-12)16-10-17(26-25-16)20(29)30-11-18(27)24-19(28)14-6-8-15(9-7-14)31-21(22)23/h2-10,21H,11H2,1H3,(H,25,26)(H,24,27,28). The molecule has 160 valence electrons. The molecule has 0 saturated heterocycles. The van der Waals surface area contributed by atoms with Crippen LogP contribution < -0.4 is 10.1 Å². The highest BCUT2D eigenvalue weighted by molar-refractivity contribution is 6.05. The Hall–Kier alpha value is -4.08. The molecule has 2 aromatic carbocycles. The molecule has 0 saturated carbocycles. The van der Waals surface area contributed by atoms with Gasteiger partial charge in [0.2, 0.25) is 0 Å². The Labute approximate surface area is 175 Å². The van der Waals surface area contributed by atoms with Crippen LogP contribution in [0.1, 0.15) is 26.4 Å². The second-order valence-electron chi connectivity index (χ2n) is 6.39. The quantitative estimate of drug-likeness (QED) is 0.559. The van der Waals surface area contributed by atoms with Crippen LogP contribution in [0.5, 0.6) is 5.75 Å². The number of nitrogens with zero attached hydrogens (tertiary/aromatic N) is 1. The van der Waals surface area contributed by atoms with Crippen LogP contribution in [0, 0.1) is 6.92 Å². The van der Waals surface area contributed by atoms with Gasteiger partial charge in [-0.05, 0) is 37.3 Å². The lowest BCUT2D eigenvalue weighted by Gasteiger charge is -2.07. The first-order valence-electron chi connectivity index (χ1n) is 9.00. The molecule has 0 unspecified atom stereocenters. The highest BCUT2D eigenvalue weighted by Crippen LogP contribution is 2.18. The van der Waals surface area contributed by atoms with E-state index in [0.29, 0.717) is 5.69 Å². The topological polar surface area (TPSA) is 110 Å². The zero-order chi connectivity index (χ0) is 22.4. The number of amides is 2. The maximum atomic E-state index is 12.1. The van der Waals surface area contributed by atoms with Gasteiger partial charge < -0.3 is 9.47 Å². The summed E-state index contributed by atoms with van der Waals surface area (Å²) in [6.45, 7) is -1.74. The van der Waals surface area contributed by atoms with Crippen LogP contribution in [0.2, 0.25) is 0 Å². The number of rotatable bonds is 7. The molecule has 0 radical (unpaired) electrons. The van der Waals surface area contributed by atoms with Gasteiger partial charge in [-0.2, -0.15) is 13.9 Å². The van der Waals surface area contributed by atoms with Crippen molar-refractivity contribution in [2.45, 2.75) is 13.5 Å². The maximum Gasteiger partial charge on any atom is 0.387 e. The van der Waals surface area contributed by atoms with Crippen molar-refractivity contribution >= 4 is 17.8 Å². The number of ether oxygens (including phenoxy) is 2. The van der Waals surface area contributed by atoms with E-state index in [0.717, 1.165) is 23.3 Å². The lowest BCUT2D eigenvalue weighted by Crippen LogP contribution is -2.34. The smallest absolute Gasteiger partial charge is 0.387 e. The minimum absolute atomic E-state index is 0.0394. The Kier molecular flexibility index (Phi) is 6.71. The van der Waals surface area contributed by atoms with Crippen LogP contribution in [0.15, 0.2) is 54.6 Å². The molecule has 0 aliphatic rings. The number of H-pyrrole nitrogens is 1. The van der Waals surface area contributed by atoms with Crippen molar-refractivity contribution in [1.82, 2.24) is 15.5 Å². The molecule has 2 amide bonds. The molecule has 2 N–H and O–H groups in total. The van der Waals surface area contributed by atoms with Crippen LogP contribution in [0.25, 0.3) is 11.3 Å². The van der Waals surface area contributed by atoms with Gasteiger partial charge in [0, 0.05) is 11.1 Å². The van der Waals surface area contributed by atoms with E-state index in [1.54, 1.807) is 0 Å². The summed E-state index contributed by atoms with van der Waals surface area (Å²) < 4.78 is 33.3. The minimum Gasteiger partial charge on any atom is -0.451 e.